The van der Waals surface area contributed by atoms with Gasteiger partial charge in [-0.05, 0) is 28.1 Å². The molecule has 0 saturated heterocycles. The molecule has 1 heterocycles. The van der Waals surface area contributed by atoms with Crippen LogP contribution in [0.1, 0.15) is 4.88 Å². The Balaban J connectivity index is 2.71. The average molecular weight is 234 g/mol. The Morgan fingerprint density at radius 1 is 1.64 bits per heavy atom. The van der Waals surface area contributed by atoms with Crippen LogP contribution >= 0.6 is 27.3 Å². The number of hydrogen-bond acceptors (Lipinski definition) is 3. The summed E-state index contributed by atoms with van der Waals surface area (Å²) in [5.74, 6) is 0. The highest BCUT2D eigenvalue weighted by Gasteiger charge is 1.93. The Morgan fingerprint density at radius 2 is 2.36 bits per heavy atom. The zero-order valence-electron chi connectivity index (χ0n) is 5.36. The van der Waals surface area contributed by atoms with Crippen LogP contribution in [0.25, 0.3) is 6.08 Å². The molecule has 1 rings (SSSR count). The first-order valence-corrected chi connectivity index (χ1v) is 4.36. The lowest BCUT2D eigenvalue weighted by molar-refractivity contribution is -0.400. The van der Waals surface area contributed by atoms with Crippen LogP contribution in [0.4, 0.5) is 0 Å². The first-order valence-electron chi connectivity index (χ1n) is 2.75. The third-order valence-electron chi connectivity index (χ3n) is 0.955. The zero-order valence-corrected chi connectivity index (χ0v) is 7.76. The Bertz CT molecular complexity index is 295. The summed E-state index contributed by atoms with van der Waals surface area (Å²) < 4.78 is 0.973. The molecule has 0 bridgehead atoms. The van der Waals surface area contributed by atoms with E-state index in [1.54, 1.807) is 0 Å². The van der Waals surface area contributed by atoms with Gasteiger partial charge >= 0.3 is 0 Å². The maximum absolute atomic E-state index is 9.89. The van der Waals surface area contributed by atoms with Gasteiger partial charge in [-0.25, -0.2) is 0 Å². The molecule has 0 aliphatic heterocycles. The predicted octanol–water partition coefficient (Wildman–Crippen LogP) is 2.76. The molecule has 58 valence electrons. The number of nitrogens with zero attached hydrogens (tertiary/aromatic N) is 1. The summed E-state index contributed by atoms with van der Waals surface area (Å²) in [6.07, 6.45) is 2.40. The molecule has 3 nitrogen and oxygen atoms in total. The molecule has 0 atom stereocenters. The van der Waals surface area contributed by atoms with E-state index in [4.69, 9.17) is 0 Å². The molecule has 0 aliphatic rings. The van der Waals surface area contributed by atoms with Crippen molar-refractivity contribution in [3.8, 4) is 0 Å². The lowest BCUT2D eigenvalue weighted by Crippen LogP contribution is -1.80. The number of nitro groups is 1. The van der Waals surface area contributed by atoms with Crippen molar-refractivity contribution in [2.75, 3.05) is 0 Å². The van der Waals surface area contributed by atoms with Crippen LogP contribution in [0.15, 0.2) is 22.1 Å². The number of hydrogen-bond donors (Lipinski definition) is 0. The molecule has 0 amide bonds. The maximum Gasteiger partial charge on any atom is 0.235 e. The molecular weight excluding hydrogens is 230 g/mol. The fourth-order valence-corrected chi connectivity index (χ4v) is 1.87. The second-order valence-electron chi connectivity index (χ2n) is 1.74. The molecule has 0 N–H and O–H groups in total. The SMILES string of the molecule is O=[N+]([O-])C=Cc1ccc(Br)s1. The van der Waals surface area contributed by atoms with Crippen molar-refractivity contribution < 1.29 is 4.92 Å². The lowest BCUT2D eigenvalue weighted by atomic mass is 10.5. The van der Waals surface area contributed by atoms with Gasteiger partial charge in [0.05, 0.1) is 8.71 Å². The standard InChI is InChI=1S/C6H4BrNO2S/c7-6-2-1-5(11-6)3-4-8(9)10/h1-4H. The molecule has 11 heavy (non-hydrogen) atoms. The van der Waals surface area contributed by atoms with Crippen molar-refractivity contribution in [1.29, 1.82) is 0 Å². The van der Waals surface area contributed by atoms with Crippen LogP contribution < -0.4 is 0 Å². The summed E-state index contributed by atoms with van der Waals surface area (Å²) in [4.78, 5) is 10.3. The molecule has 1 aromatic rings. The van der Waals surface area contributed by atoms with Gasteiger partial charge in [-0.2, -0.15) is 0 Å². The summed E-state index contributed by atoms with van der Waals surface area (Å²) in [5.41, 5.74) is 0. The molecule has 0 aromatic carbocycles. The van der Waals surface area contributed by atoms with E-state index in [1.165, 1.54) is 17.4 Å². The van der Waals surface area contributed by atoms with Gasteiger partial charge in [0.2, 0.25) is 6.20 Å². The van der Waals surface area contributed by atoms with Crippen LogP contribution in [-0.2, 0) is 0 Å². The molecular formula is C6H4BrNO2S. The predicted molar refractivity (Wildman–Crippen MR) is 48.0 cm³/mol. The second-order valence-corrected chi connectivity index (χ2v) is 4.24. The highest BCUT2D eigenvalue weighted by molar-refractivity contribution is 9.11. The van der Waals surface area contributed by atoms with Crippen LogP contribution in [0.5, 0.6) is 0 Å². The third kappa shape index (κ3) is 2.81. The molecule has 1 aromatic heterocycles. The molecule has 5 heteroatoms. The van der Waals surface area contributed by atoms with Gasteiger partial charge < -0.3 is 0 Å². The molecule has 0 fully saturated rings. The van der Waals surface area contributed by atoms with Crippen LogP contribution in [0.2, 0.25) is 0 Å². The zero-order chi connectivity index (χ0) is 8.27. The van der Waals surface area contributed by atoms with Crippen molar-refractivity contribution in [3.63, 3.8) is 0 Å². The Kier molecular flexibility index (Phi) is 2.78. The highest BCUT2D eigenvalue weighted by Crippen LogP contribution is 2.22. The fraction of sp³-hybridized carbons (Fsp3) is 0. The molecule has 0 aliphatic carbocycles. The molecule has 0 radical (unpaired) electrons. The van der Waals surface area contributed by atoms with Gasteiger partial charge in [0.1, 0.15) is 0 Å². The summed E-state index contributed by atoms with van der Waals surface area (Å²) in [5, 5.41) is 9.89. The van der Waals surface area contributed by atoms with Crippen molar-refractivity contribution in [1.82, 2.24) is 0 Å². The fourth-order valence-electron chi connectivity index (χ4n) is 0.552. The summed E-state index contributed by atoms with van der Waals surface area (Å²) in [7, 11) is 0. The monoisotopic (exact) mass is 233 g/mol. The minimum atomic E-state index is -0.479. The van der Waals surface area contributed by atoms with Gasteiger partial charge in [-0.1, -0.05) is 0 Å². The van der Waals surface area contributed by atoms with E-state index in [0.29, 0.717) is 0 Å². The topological polar surface area (TPSA) is 43.1 Å². The summed E-state index contributed by atoms with van der Waals surface area (Å²) in [6, 6.07) is 3.67. The minimum absolute atomic E-state index is 0.479. The first kappa shape index (κ1) is 8.42. The van der Waals surface area contributed by atoms with Crippen LogP contribution in [-0.4, -0.2) is 4.92 Å². The average Bonchev–Trinajstić information content (AvgIpc) is 2.31. The van der Waals surface area contributed by atoms with Crippen LogP contribution in [0, 0.1) is 10.1 Å². The molecule has 0 spiro atoms. The normalized spacial score (nSPS) is 10.6. The lowest BCUT2D eigenvalue weighted by Gasteiger charge is -1.78. The van der Waals surface area contributed by atoms with Crippen molar-refractivity contribution >= 4 is 33.3 Å². The van der Waals surface area contributed by atoms with Gasteiger partial charge in [-0.15, -0.1) is 11.3 Å². The van der Waals surface area contributed by atoms with E-state index in [0.717, 1.165) is 14.9 Å². The van der Waals surface area contributed by atoms with E-state index in [9.17, 15) is 10.1 Å². The smallest absolute Gasteiger partial charge is 0.235 e. The highest BCUT2D eigenvalue weighted by atomic mass is 79.9. The van der Waals surface area contributed by atoms with Gasteiger partial charge in [0.25, 0.3) is 0 Å². The van der Waals surface area contributed by atoms with Crippen molar-refractivity contribution in [3.05, 3.63) is 37.1 Å². The number of thiophene rings is 1. The van der Waals surface area contributed by atoms with Crippen molar-refractivity contribution in [2.24, 2.45) is 0 Å². The van der Waals surface area contributed by atoms with E-state index < -0.39 is 4.92 Å². The summed E-state index contributed by atoms with van der Waals surface area (Å²) in [6.45, 7) is 0. The summed E-state index contributed by atoms with van der Waals surface area (Å²) >= 11 is 4.71. The van der Waals surface area contributed by atoms with Gasteiger partial charge in [-0.3, -0.25) is 10.1 Å². The maximum atomic E-state index is 9.89. The second kappa shape index (κ2) is 3.64. The molecule has 0 saturated carbocycles. The molecule has 0 unspecified atom stereocenters. The Morgan fingerprint density at radius 3 is 2.82 bits per heavy atom. The Labute approximate surface area is 75.6 Å². The van der Waals surface area contributed by atoms with Crippen LogP contribution in [0.3, 0.4) is 0 Å². The Hall–Kier alpha value is -0.680. The number of halogens is 1. The van der Waals surface area contributed by atoms with Gasteiger partial charge in [0.15, 0.2) is 0 Å². The largest absolute Gasteiger partial charge is 0.259 e. The quantitative estimate of drug-likeness (QED) is 0.583. The van der Waals surface area contributed by atoms with Gasteiger partial charge in [0, 0.05) is 11.0 Å². The number of rotatable bonds is 2. The van der Waals surface area contributed by atoms with E-state index in [-0.39, 0.29) is 0 Å². The van der Waals surface area contributed by atoms with E-state index >= 15 is 0 Å². The third-order valence-corrected chi connectivity index (χ3v) is 2.54. The van der Waals surface area contributed by atoms with E-state index in [1.807, 2.05) is 12.1 Å². The first-order chi connectivity index (χ1) is 5.18. The van der Waals surface area contributed by atoms with Crippen molar-refractivity contribution in [2.45, 2.75) is 0 Å². The minimum Gasteiger partial charge on any atom is -0.259 e. The van der Waals surface area contributed by atoms with E-state index in [2.05, 4.69) is 15.9 Å².